The molecule has 3 heteroatoms. The standard InChI is InChI=1S/C13H28N2O/c1-12(7-11-16-3)14-8-4-13-5-9-15(2)10-6-13/h12-14H,4-11H2,1-3H3. The fraction of sp³-hybridized carbons (Fsp3) is 1.00. The van der Waals surface area contributed by atoms with Gasteiger partial charge in [0.1, 0.15) is 0 Å². The molecule has 0 aromatic heterocycles. The van der Waals surface area contributed by atoms with Gasteiger partial charge in [-0.05, 0) is 65.2 Å². The summed E-state index contributed by atoms with van der Waals surface area (Å²) in [4.78, 5) is 2.44. The van der Waals surface area contributed by atoms with E-state index < -0.39 is 0 Å². The van der Waals surface area contributed by atoms with Crippen LogP contribution >= 0.6 is 0 Å². The Hall–Kier alpha value is -0.120. The summed E-state index contributed by atoms with van der Waals surface area (Å²) in [6.07, 6.45) is 5.21. The van der Waals surface area contributed by atoms with Crippen molar-refractivity contribution in [2.24, 2.45) is 5.92 Å². The average Bonchev–Trinajstić information content (AvgIpc) is 2.29. The minimum absolute atomic E-state index is 0.589. The van der Waals surface area contributed by atoms with E-state index in [2.05, 4.69) is 24.2 Å². The van der Waals surface area contributed by atoms with Gasteiger partial charge in [0.15, 0.2) is 0 Å². The Balaban J connectivity index is 1.98. The Labute approximate surface area is 101 Å². The van der Waals surface area contributed by atoms with E-state index in [1.54, 1.807) is 7.11 Å². The smallest absolute Gasteiger partial charge is 0.0476 e. The van der Waals surface area contributed by atoms with Crippen molar-refractivity contribution in [3.8, 4) is 0 Å². The average molecular weight is 228 g/mol. The summed E-state index contributed by atoms with van der Waals surface area (Å²) in [5, 5.41) is 3.58. The highest BCUT2D eigenvalue weighted by Gasteiger charge is 2.16. The van der Waals surface area contributed by atoms with Gasteiger partial charge in [0.25, 0.3) is 0 Å². The van der Waals surface area contributed by atoms with Crippen LogP contribution in [0, 0.1) is 5.92 Å². The lowest BCUT2D eigenvalue weighted by Crippen LogP contribution is -2.33. The van der Waals surface area contributed by atoms with Crippen LogP contribution in [-0.4, -0.2) is 51.3 Å². The third-order valence-electron chi connectivity index (χ3n) is 3.64. The molecule has 0 amide bonds. The molecule has 0 aliphatic carbocycles. The zero-order valence-electron chi connectivity index (χ0n) is 11.2. The summed E-state index contributed by atoms with van der Waals surface area (Å²) in [7, 11) is 3.99. The van der Waals surface area contributed by atoms with Gasteiger partial charge in [0.2, 0.25) is 0 Å². The zero-order chi connectivity index (χ0) is 11.8. The predicted octanol–water partition coefficient (Wildman–Crippen LogP) is 1.73. The molecule has 0 aromatic carbocycles. The third kappa shape index (κ3) is 5.83. The molecule has 0 spiro atoms. The van der Waals surface area contributed by atoms with Crippen molar-refractivity contribution in [3.63, 3.8) is 0 Å². The molecule has 1 unspecified atom stereocenters. The molecule has 1 saturated heterocycles. The van der Waals surface area contributed by atoms with Crippen LogP contribution in [0.1, 0.15) is 32.6 Å². The first-order chi connectivity index (χ1) is 7.72. The molecule has 16 heavy (non-hydrogen) atoms. The minimum Gasteiger partial charge on any atom is -0.385 e. The van der Waals surface area contributed by atoms with E-state index >= 15 is 0 Å². The number of hydrogen-bond acceptors (Lipinski definition) is 3. The molecular weight excluding hydrogens is 200 g/mol. The van der Waals surface area contributed by atoms with Crippen molar-refractivity contribution in [2.75, 3.05) is 40.4 Å². The predicted molar refractivity (Wildman–Crippen MR) is 68.8 cm³/mol. The van der Waals surface area contributed by atoms with E-state index in [1.165, 1.54) is 38.9 Å². The molecule has 1 aliphatic rings. The van der Waals surface area contributed by atoms with E-state index in [0.29, 0.717) is 6.04 Å². The Kier molecular flexibility index (Phi) is 7.01. The Morgan fingerprint density at radius 3 is 2.69 bits per heavy atom. The summed E-state index contributed by atoms with van der Waals surface area (Å²) < 4.78 is 5.08. The van der Waals surface area contributed by atoms with Gasteiger partial charge < -0.3 is 15.0 Å². The Morgan fingerprint density at radius 1 is 1.38 bits per heavy atom. The van der Waals surface area contributed by atoms with Crippen molar-refractivity contribution in [2.45, 2.75) is 38.6 Å². The highest BCUT2D eigenvalue weighted by molar-refractivity contribution is 4.71. The van der Waals surface area contributed by atoms with Gasteiger partial charge in [-0.25, -0.2) is 0 Å². The highest BCUT2D eigenvalue weighted by Crippen LogP contribution is 2.18. The normalized spacial score (nSPS) is 21.2. The highest BCUT2D eigenvalue weighted by atomic mass is 16.5. The summed E-state index contributed by atoms with van der Waals surface area (Å²) in [6.45, 7) is 6.84. The van der Waals surface area contributed by atoms with Gasteiger partial charge in [-0.2, -0.15) is 0 Å². The lowest BCUT2D eigenvalue weighted by molar-refractivity contribution is 0.182. The van der Waals surface area contributed by atoms with E-state index in [0.717, 1.165) is 18.9 Å². The van der Waals surface area contributed by atoms with Gasteiger partial charge >= 0.3 is 0 Å². The van der Waals surface area contributed by atoms with E-state index in [4.69, 9.17) is 4.74 Å². The van der Waals surface area contributed by atoms with E-state index in [9.17, 15) is 0 Å². The van der Waals surface area contributed by atoms with Crippen LogP contribution in [0.2, 0.25) is 0 Å². The van der Waals surface area contributed by atoms with Gasteiger partial charge in [0, 0.05) is 19.8 Å². The summed E-state index contributed by atoms with van der Waals surface area (Å²) in [5.74, 6) is 0.943. The van der Waals surface area contributed by atoms with Crippen LogP contribution in [0.3, 0.4) is 0 Å². The van der Waals surface area contributed by atoms with Crippen molar-refractivity contribution < 1.29 is 4.74 Å². The molecule has 1 N–H and O–H groups in total. The van der Waals surface area contributed by atoms with Gasteiger partial charge in [-0.3, -0.25) is 0 Å². The first-order valence-corrected chi connectivity index (χ1v) is 6.63. The Morgan fingerprint density at radius 2 is 2.06 bits per heavy atom. The molecule has 0 aromatic rings. The molecule has 1 heterocycles. The maximum Gasteiger partial charge on any atom is 0.0476 e. The van der Waals surface area contributed by atoms with Crippen LogP contribution < -0.4 is 5.32 Å². The summed E-state index contributed by atoms with van der Waals surface area (Å²) >= 11 is 0. The fourth-order valence-electron chi connectivity index (χ4n) is 2.28. The molecule has 1 aliphatic heterocycles. The summed E-state index contributed by atoms with van der Waals surface area (Å²) in [5.41, 5.74) is 0. The second-order valence-electron chi connectivity index (χ2n) is 5.17. The SMILES string of the molecule is COCCC(C)NCCC1CCN(C)CC1. The Bertz CT molecular complexity index is 167. The second-order valence-corrected chi connectivity index (χ2v) is 5.17. The largest absolute Gasteiger partial charge is 0.385 e. The molecular formula is C13H28N2O. The lowest BCUT2D eigenvalue weighted by Gasteiger charge is -2.29. The first kappa shape index (κ1) is 13.9. The van der Waals surface area contributed by atoms with Gasteiger partial charge in [0.05, 0.1) is 0 Å². The number of nitrogens with one attached hydrogen (secondary N) is 1. The summed E-state index contributed by atoms with van der Waals surface area (Å²) in [6, 6.07) is 0.589. The lowest BCUT2D eigenvalue weighted by atomic mass is 9.94. The number of nitrogens with zero attached hydrogens (tertiary/aromatic N) is 1. The van der Waals surface area contributed by atoms with Gasteiger partial charge in [-0.1, -0.05) is 0 Å². The number of ether oxygens (including phenoxy) is 1. The third-order valence-corrected chi connectivity index (χ3v) is 3.64. The zero-order valence-corrected chi connectivity index (χ0v) is 11.2. The molecule has 1 fully saturated rings. The molecule has 0 saturated carbocycles. The number of piperidine rings is 1. The van der Waals surface area contributed by atoms with Gasteiger partial charge in [-0.15, -0.1) is 0 Å². The maximum atomic E-state index is 5.08. The molecule has 0 bridgehead atoms. The molecule has 0 radical (unpaired) electrons. The molecule has 3 nitrogen and oxygen atoms in total. The second kappa shape index (κ2) is 8.04. The van der Waals surface area contributed by atoms with Crippen molar-refractivity contribution in [1.82, 2.24) is 10.2 Å². The molecule has 96 valence electrons. The quantitative estimate of drug-likeness (QED) is 0.718. The van der Waals surface area contributed by atoms with Crippen molar-refractivity contribution in [3.05, 3.63) is 0 Å². The van der Waals surface area contributed by atoms with Crippen LogP contribution in [0.5, 0.6) is 0 Å². The van der Waals surface area contributed by atoms with E-state index in [1.807, 2.05) is 0 Å². The molecule has 1 rings (SSSR count). The maximum absolute atomic E-state index is 5.08. The monoisotopic (exact) mass is 228 g/mol. The topological polar surface area (TPSA) is 24.5 Å². The number of methoxy groups -OCH3 is 1. The first-order valence-electron chi connectivity index (χ1n) is 6.63. The number of rotatable bonds is 7. The van der Waals surface area contributed by atoms with Crippen molar-refractivity contribution >= 4 is 0 Å². The fourth-order valence-corrected chi connectivity index (χ4v) is 2.28. The minimum atomic E-state index is 0.589. The number of likely N-dealkylation sites (tertiary alicyclic amines) is 1. The van der Waals surface area contributed by atoms with Crippen LogP contribution in [0.15, 0.2) is 0 Å². The van der Waals surface area contributed by atoms with Crippen LogP contribution in [-0.2, 0) is 4.74 Å². The van der Waals surface area contributed by atoms with Crippen LogP contribution in [0.4, 0.5) is 0 Å². The van der Waals surface area contributed by atoms with E-state index in [-0.39, 0.29) is 0 Å². The van der Waals surface area contributed by atoms with Crippen LogP contribution in [0.25, 0.3) is 0 Å². The molecule has 1 atom stereocenters. The number of hydrogen-bond donors (Lipinski definition) is 1. The van der Waals surface area contributed by atoms with Crippen molar-refractivity contribution in [1.29, 1.82) is 0 Å².